The number of hydrogen-bond donors (Lipinski definition) is 2. The minimum atomic E-state index is -0.668. The van der Waals surface area contributed by atoms with Crippen LogP contribution in [0, 0.1) is 11.8 Å². The zero-order valence-corrected chi connectivity index (χ0v) is 15.8. The number of fused-ring (bicyclic) bond motifs is 1. The van der Waals surface area contributed by atoms with Gasteiger partial charge in [0.25, 0.3) is 0 Å². The summed E-state index contributed by atoms with van der Waals surface area (Å²) in [6.07, 6.45) is 0.560. The maximum absolute atomic E-state index is 12.8. The summed E-state index contributed by atoms with van der Waals surface area (Å²) >= 11 is 0. The molecular formula is C20H23N5O3. The molecule has 146 valence electrons. The number of imide groups is 1. The maximum Gasteiger partial charge on any atom is 0.329 e. The molecule has 1 aromatic carbocycles. The van der Waals surface area contributed by atoms with Crippen LogP contribution in [0.3, 0.4) is 0 Å². The van der Waals surface area contributed by atoms with E-state index in [0.29, 0.717) is 11.9 Å². The molecule has 2 aromatic rings. The first-order valence-electron chi connectivity index (χ1n) is 9.51. The maximum atomic E-state index is 12.8. The van der Waals surface area contributed by atoms with Crippen molar-refractivity contribution in [3.05, 3.63) is 34.2 Å². The van der Waals surface area contributed by atoms with E-state index in [4.69, 9.17) is 0 Å². The lowest BCUT2D eigenvalue weighted by molar-refractivity contribution is -0.135. The summed E-state index contributed by atoms with van der Waals surface area (Å²) < 4.78 is 3.01. The van der Waals surface area contributed by atoms with Gasteiger partial charge in [-0.25, -0.2) is 4.79 Å². The van der Waals surface area contributed by atoms with E-state index in [1.54, 1.807) is 7.05 Å². The number of imidazole rings is 1. The summed E-state index contributed by atoms with van der Waals surface area (Å²) in [6.45, 7) is 4.69. The summed E-state index contributed by atoms with van der Waals surface area (Å²) in [5.41, 5.74) is 1.97. The van der Waals surface area contributed by atoms with Crippen molar-refractivity contribution < 1.29 is 9.59 Å². The number of aromatic nitrogens is 2. The number of benzene rings is 1. The lowest BCUT2D eigenvalue weighted by Crippen LogP contribution is -2.44. The van der Waals surface area contributed by atoms with Gasteiger partial charge in [-0.05, 0) is 24.6 Å². The molecule has 2 aliphatic heterocycles. The van der Waals surface area contributed by atoms with Crippen LogP contribution in [0.15, 0.2) is 23.0 Å². The Kier molecular flexibility index (Phi) is 5.03. The number of nitrogens with one attached hydrogen (secondary N) is 2. The lowest BCUT2D eigenvalue weighted by Gasteiger charge is -2.24. The summed E-state index contributed by atoms with van der Waals surface area (Å²) in [5.74, 6) is 5.66. The minimum Gasteiger partial charge on any atom is -0.314 e. The number of carbonyl (C=O) groups is 2. The first kappa shape index (κ1) is 18.5. The number of amides is 2. The van der Waals surface area contributed by atoms with Crippen LogP contribution in [0.1, 0.15) is 24.4 Å². The molecule has 1 aromatic heterocycles. The van der Waals surface area contributed by atoms with Gasteiger partial charge in [0.05, 0.1) is 17.6 Å². The number of hydrogen-bond acceptors (Lipinski definition) is 5. The molecule has 0 spiro atoms. The Morgan fingerprint density at radius 1 is 1.14 bits per heavy atom. The molecule has 3 heterocycles. The highest BCUT2D eigenvalue weighted by Crippen LogP contribution is 2.23. The number of nitrogens with zero attached hydrogens (tertiary/aromatic N) is 3. The van der Waals surface area contributed by atoms with Gasteiger partial charge in [0, 0.05) is 45.2 Å². The van der Waals surface area contributed by atoms with Crippen molar-refractivity contribution in [2.45, 2.75) is 18.9 Å². The SMILES string of the molecule is Cn1c(=O)n(C2CCC(=O)NC2=O)c2ccc(C#CCN3CCNCC3)cc21. The van der Waals surface area contributed by atoms with Crippen molar-refractivity contribution in [2.75, 3.05) is 32.7 Å². The monoisotopic (exact) mass is 381 g/mol. The smallest absolute Gasteiger partial charge is 0.314 e. The number of piperidine rings is 1. The minimum absolute atomic E-state index is 0.231. The number of piperazine rings is 1. The van der Waals surface area contributed by atoms with Crippen molar-refractivity contribution in [3.8, 4) is 11.8 Å². The molecule has 2 saturated heterocycles. The predicted molar refractivity (Wildman–Crippen MR) is 105 cm³/mol. The number of carbonyl (C=O) groups excluding carboxylic acids is 2. The van der Waals surface area contributed by atoms with Crippen LogP contribution in [-0.2, 0) is 16.6 Å². The Bertz CT molecular complexity index is 1050. The van der Waals surface area contributed by atoms with Gasteiger partial charge in [-0.3, -0.25) is 28.9 Å². The van der Waals surface area contributed by atoms with Gasteiger partial charge >= 0.3 is 5.69 Å². The Labute approximate surface area is 162 Å². The molecule has 8 nitrogen and oxygen atoms in total. The molecule has 2 aliphatic rings. The van der Waals surface area contributed by atoms with Crippen molar-refractivity contribution in [3.63, 3.8) is 0 Å². The summed E-state index contributed by atoms with van der Waals surface area (Å²) in [7, 11) is 1.69. The van der Waals surface area contributed by atoms with Crippen LogP contribution in [0.4, 0.5) is 0 Å². The van der Waals surface area contributed by atoms with E-state index in [9.17, 15) is 14.4 Å². The van der Waals surface area contributed by atoms with E-state index in [-0.39, 0.29) is 18.0 Å². The van der Waals surface area contributed by atoms with Crippen molar-refractivity contribution >= 4 is 22.8 Å². The topological polar surface area (TPSA) is 88.4 Å². The van der Waals surface area contributed by atoms with Crippen molar-refractivity contribution in [2.24, 2.45) is 7.05 Å². The van der Waals surface area contributed by atoms with Crippen LogP contribution in [0.2, 0.25) is 0 Å². The van der Waals surface area contributed by atoms with Gasteiger partial charge in [-0.1, -0.05) is 11.8 Å². The van der Waals surface area contributed by atoms with E-state index in [0.717, 1.165) is 43.8 Å². The molecule has 2 N–H and O–H groups in total. The molecule has 4 rings (SSSR count). The third-order valence-electron chi connectivity index (χ3n) is 5.36. The third kappa shape index (κ3) is 3.46. The number of rotatable bonds is 2. The lowest BCUT2D eigenvalue weighted by atomic mass is 10.1. The highest BCUT2D eigenvalue weighted by molar-refractivity contribution is 6.00. The average Bonchev–Trinajstić information content (AvgIpc) is 2.94. The fourth-order valence-electron chi connectivity index (χ4n) is 3.79. The zero-order chi connectivity index (χ0) is 19.7. The Balaban J connectivity index is 1.62. The molecule has 0 radical (unpaired) electrons. The van der Waals surface area contributed by atoms with E-state index in [2.05, 4.69) is 27.4 Å². The quantitative estimate of drug-likeness (QED) is 0.545. The molecule has 8 heteroatoms. The first-order chi connectivity index (χ1) is 13.5. The standard InChI is InChI=1S/C20H23N5O3/c1-23-17-13-14(3-2-10-24-11-8-21-9-12-24)4-5-15(17)25(20(23)28)16-6-7-18(26)22-19(16)27/h4-5,13,16,21H,6-12H2,1H3,(H,22,26,27). The van der Waals surface area contributed by atoms with Crippen LogP contribution < -0.4 is 16.3 Å². The molecule has 0 aliphatic carbocycles. The van der Waals surface area contributed by atoms with E-state index < -0.39 is 11.9 Å². The highest BCUT2D eigenvalue weighted by atomic mass is 16.2. The van der Waals surface area contributed by atoms with Crippen LogP contribution in [-0.4, -0.2) is 58.6 Å². The average molecular weight is 381 g/mol. The molecule has 28 heavy (non-hydrogen) atoms. The Morgan fingerprint density at radius 2 is 1.93 bits per heavy atom. The largest absolute Gasteiger partial charge is 0.329 e. The van der Waals surface area contributed by atoms with E-state index in [1.165, 1.54) is 9.13 Å². The molecule has 2 fully saturated rings. The second-order valence-corrected chi connectivity index (χ2v) is 7.21. The second kappa shape index (κ2) is 7.62. The van der Waals surface area contributed by atoms with Gasteiger partial charge in [-0.2, -0.15) is 0 Å². The summed E-state index contributed by atoms with van der Waals surface area (Å²) in [4.78, 5) is 38.7. The predicted octanol–water partition coefficient (Wildman–Crippen LogP) is -0.426. The molecule has 0 saturated carbocycles. The van der Waals surface area contributed by atoms with Crippen molar-refractivity contribution in [1.82, 2.24) is 24.7 Å². The normalized spacial score (nSPS) is 20.7. The van der Waals surface area contributed by atoms with Gasteiger partial charge in [0.15, 0.2) is 0 Å². The molecule has 0 bridgehead atoms. The first-order valence-corrected chi connectivity index (χ1v) is 9.51. The Hall–Kier alpha value is -2.89. The zero-order valence-electron chi connectivity index (χ0n) is 15.8. The third-order valence-corrected chi connectivity index (χ3v) is 5.36. The molecule has 1 unspecified atom stereocenters. The van der Waals surface area contributed by atoms with E-state index >= 15 is 0 Å². The van der Waals surface area contributed by atoms with E-state index in [1.807, 2.05) is 18.2 Å². The highest BCUT2D eigenvalue weighted by Gasteiger charge is 2.31. The van der Waals surface area contributed by atoms with Gasteiger partial charge in [-0.15, -0.1) is 0 Å². The summed E-state index contributed by atoms with van der Waals surface area (Å²) in [6, 6.07) is 4.91. The van der Waals surface area contributed by atoms with Gasteiger partial charge in [0.2, 0.25) is 11.8 Å². The van der Waals surface area contributed by atoms with Crippen molar-refractivity contribution in [1.29, 1.82) is 0 Å². The van der Waals surface area contributed by atoms with Crippen LogP contribution in [0.5, 0.6) is 0 Å². The van der Waals surface area contributed by atoms with Gasteiger partial charge in [0.1, 0.15) is 6.04 Å². The van der Waals surface area contributed by atoms with Gasteiger partial charge < -0.3 is 5.32 Å². The molecular weight excluding hydrogens is 358 g/mol. The summed E-state index contributed by atoms with van der Waals surface area (Å²) in [5, 5.41) is 5.64. The molecule has 2 amide bonds. The number of aryl methyl sites for hydroxylation is 1. The fourth-order valence-corrected chi connectivity index (χ4v) is 3.79. The Morgan fingerprint density at radius 3 is 2.68 bits per heavy atom. The van der Waals surface area contributed by atoms with Crippen LogP contribution >= 0.6 is 0 Å². The fraction of sp³-hybridized carbons (Fsp3) is 0.450. The second-order valence-electron chi connectivity index (χ2n) is 7.21. The van der Waals surface area contributed by atoms with Crippen LogP contribution in [0.25, 0.3) is 11.0 Å². The molecule has 1 atom stereocenters.